The Bertz CT molecular complexity index is 3700. The summed E-state index contributed by atoms with van der Waals surface area (Å²) in [5, 5.41) is 11.0. The first-order valence-electron chi connectivity index (χ1n) is 18.7. The van der Waals surface area contributed by atoms with Crippen molar-refractivity contribution in [3.8, 4) is 28.3 Å². The molecule has 0 saturated carbocycles. The zero-order valence-corrected chi connectivity index (χ0v) is 30.2. The minimum Gasteiger partial charge on any atom is -0.308 e. The molecule has 55 heavy (non-hydrogen) atoms. The van der Waals surface area contributed by atoms with Gasteiger partial charge in [-0.2, -0.15) is 0 Å². The molecule has 0 saturated heterocycles. The highest BCUT2D eigenvalue weighted by molar-refractivity contribution is 7.26. The van der Waals surface area contributed by atoms with Gasteiger partial charge in [0, 0.05) is 48.0 Å². The van der Waals surface area contributed by atoms with Crippen LogP contribution in [0.3, 0.4) is 0 Å². The van der Waals surface area contributed by atoms with Crippen LogP contribution in [0.25, 0.3) is 119 Å². The second kappa shape index (κ2) is 10.8. The number of rotatable bonds is 3. The average molecular weight is 717 g/mol. The summed E-state index contributed by atoms with van der Waals surface area (Å²) in [6, 6.07) is 61.4. The minimum atomic E-state index is 0.677. The standard InChI is InChI=1S/C50H28N4S/c1-2-12-29(13-3-1)30-22-24-32(25-23-30)45-49-46(36-18-8-11-21-42(36)55-49)52-50(51-45)54-40-20-10-7-17-35(40)38-28-37-34-16-6-9-19-39(34)53-41-27-26-31-14-4-5-15-33(31)43(41)44(47(37)53)48(38)54/h1-28H. The summed E-state index contributed by atoms with van der Waals surface area (Å²) in [6.45, 7) is 0. The zero-order chi connectivity index (χ0) is 35.8. The summed E-state index contributed by atoms with van der Waals surface area (Å²) in [5.41, 5.74) is 11.3. The molecule has 0 unspecified atom stereocenters. The maximum atomic E-state index is 5.60. The molecule has 254 valence electrons. The van der Waals surface area contributed by atoms with E-state index in [1.165, 1.54) is 75.5 Å². The third-order valence-electron chi connectivity index (χ3n) is 11.7. The summed E-state index contributed by atoms with van der Waals surface area (Å²) < 4.78 is 7.14. The Balaban J connectivity index is 1.22. The van der Waals surface area contributed by atoms with Crippen molar-refractivity contribution in [2.24, 2.45) is 0 Å². The fourth-order valence-corrected chi connectivity index (χ4v) is 10.5. The lowest BCUT2D eigenvalue weighted by Gasteiger charge is -2.12. The third-order valence-corrected chi connectivity index (χ3v) is 12.8. The molecule has 0 aliphatic rings. The van der Waals surface area contributed by atoms with Crippen molar-refractivity contribution in [3.63, 3.8) is 0 Å². The molecule has 0 aliphatic heterocycles. The predicted octanol–water partition coefficient (Wildman–Crippen LogP) is 13.6. The number of benzene rings is 8. The molecule has 5 heteroatoms. The smallest absolute Gasteiger partial charge is 0.235 e. The monoisotopic (exact) mass is 716 g/mol. The SMILES string of the molecule is c1ccc(-c2ccc(-c3nc(-n4c5ccccc5c5cc6c7ccccc7n7c8ccc9ccccc9c8c(c54)c67)nc4c3sc3ccccc34)cc2)cc1. The molecule has 5 aromatic heterocycles. The molecular weight excluding hydrogens is 689 g/mol. The van der Waals surface area contributed by atoms with Crippen LogP contribution in [0.1, 0.15) is 0 Å². The van der Waals surface area contributed by atoms with Crippen LogP contribution in [0, 0.1) is 0 Å². The molecule has 4 nitrogen and oxygen atoms in total. The topological polar surface area (TPSA) is 35.1 Å². The summed E-state index contributed by atoms with van der Waals surface area (Å²) >= 11 is 1.77. The second-order valence-corrected chi connectivity index (χ2v) is 15.6. The summed E-state index contributed by atoms with van der Waals surface area (Å²) in [7, 11) is 0. The van der Waals surface area contributed by atoms with E-state index in [1.54, 1.807) is 11.3 Å². The number of hydrogen-bond acceptors (Lipinski definition) is 3. The van der Waals surface area contributed by atoms with E-state index >= 15 is 0 Å². The summed E-state index contributed by atoms with van der Waals surface area (Å²) in [4.78, 5) is 11.1. The average Bonchev–Trinajstić information content (AvgIpc) is 3.99. The molecule has 13 aromatic rings. The van der Waals surface area contributed by atoms with Crippen LogP contribution in [0.2, 0.25) is 0 Å². The molecule has 0 fully saturated rings. The first-order valence-corrected chi connectivity index (χ1v) is 19.5. The van der Waals surface area contributed by atoms with E-state index in [0.29, 0.717) is 5.95 Å². The highest BCUT2D eigenvalue weighted by Crippen LogP contribution is 2.48. The highest BCUT2D eigenvalue weighted by Gasteiger charge is 2.27. The number of fused-ring (bicyclic) bond motifs is 15. The predicted molar refractivity (Wildman–Crippen MR) is 232 cm³/mol. The van der Waals surface area contributed by atoms with Crippen LogP contribution in [-0.4, -0.2) is 18.9 Å². The van der Waals surface area contributed by atoms with Gasteiger partial charge in [-0.1, -0.05) is 140 Å². The fraction of sp³-hybridized carbons (Fsp3) is 0. The lowest BCUT2D eigenvalue weighted by molar-refractivity contribution is 1.02. The highest BCUT2D eigenvalue weighted by atomic mass is 32.1. The van der Waals surface area contributed by atoms with E-state index < -0.39 is 0 Å². The maximum Gasteiger partial charge on any atom is 0.235 e. The van der Waals surface area contributed by atoms with E-state index in [-0.39, 0.29) is 0 Å². The molecule has 0 radical (unpaired) electrons. The van der Waals surface area contributed by atoms with Gasteiger partial charge in [0.25, 0.3) is 0 Å². The third kappa shape index (κ3) is 3.89. The van der Waals surface area contributed by atoms with Crippen LogP contribution >= 0.6 is 11.3 Å². The maximum absolute atomic E-state index is 5.60. The quantitative estimate of drug-likeness (QED) is 0.182. The zero-order valence-electron chi connectivity index (χ0n) is 29.4. The van der Waals surface area contributed by atoms with Crippen molar-refractivity contribution in [1.29, 1.82) is 0 Å². The second-order valence-electron chi connectivity index (χ2n) is 14.5. The molecule has 0 atom stereocenters. The Morgan fingerprint density at radius 3 is 1.89 bits per heavy atom. The van der Waals surface area contributed by atoms with Crippen LogP contribution < -0.4 is 0 Å². The van der Waals surface area contributed by atoms with Gasteiger partial charge in [0.15, 0.2) is 0 Å². The molecule has 8 aromatic carbocycles. The van der Waals surface area contributed by atoms with E-state index in [2.05, 4.69) is 179 Å². The van der Waals surface area contributed by atoms with Gasteiger partial charge < -0.3 is 4.40 Å². The van der Waals surface area contributed by atoms with Crippen LogP contribution in [-0.2, 0) is 0 Å². The minimum absolute atomic E-state index is 0.677. The van der Waals surface area contributed by atoms with Crippen molar-refractivity contribution in [1.82, 2.24) is 18.9 Å². The van der Waals surface area contributed by atoms with Crippen molar-refractivity contribution < 1.29 is 0 Å². The van der Waals surface area contributed by atoms with Gasteiger partial charge in [-0.15, -0.1) is 11.3 Å². The van der Waals surface area contributed by atoms with Crippen molar-refractivity contribution in [3.05, 3.63) is 170 Å². The van der Waals surface area contributed by atoms with Crippen molar-refractivity contribution in [2.75, 3.05) is 0 Å². The van der Waals surface area contributed by atoms with Crippen LogP contribution in [0.5, 0.6) is 0 Å². The first kappa shape index (κ1) is 29.4. The van der Waals surface area contributed by atoms with Gasteiger partial charge >= 0.3 is 0 Å². The van der Waals surface area contributed by atoms with Gasteiger partial charge in [-0.25, -0.2) is 9.97 Å². The Labute approximate surface area is 318 Å². The van der Waals surface area contributed by atoms with Gasteiger partial charge in [0.2, 0.25) is 5.95 Å². The van der Waals surface area contributed by atoms with Crippen LogP contribution in [0.4, 0.5) is 0 Å². The molecule has 0 amide bonds. The van der Waals surface area contributed by atoms with E-state index in [4.69, 9.17) is 9.97 Å². The molecule has 0 spiro atoms. The number of para-hydroxylation sites is 2. The molecule has 5 heterocycles. The summed E-state index contributed by atoms with van der Waals surface area (Å²) in [6.07, 6.45) is 0. The van der Waals surface area contributed by atoms with Gasteiger partial charge in [0.1, 0.15) is 0 Å². The van der Waals surface area contributed by atoms with E-state index in [1.807, 2.05) is 0 Å². The Hall–Kier alpha value is -7.08. The van der Waals surface area contributed by atoms with Crippen molar-refractivity contribution >= 4 is 102 Å². The number of aromatic nitrogens is 4. The van der Waals surface area contributed by atoms with Gasteiger partial charge in [-0.3, -0.25) is 4.57 Å². The van der Waals surface area contributed by atoms with Gasteiger partial charge in [-0.05, 0) is 52.2 Å². The van der Waals surface area contributed by atoms with Gasteiger partial charge in [0.05, 0.1) is 43.5 Å². The summed E-state index contributed by atoms with van der Waals surface area (Å²) in [5.74, 6) is 0.677. The normalized spacial score (nSPS) is 12.4. The van der Waals surface area contributed by atoms with E-state index in [9.17, 15) is 0 Å². The molecule has 0 bridgehead atoms. The number of nitrogens with zero attached hydrogens (tertiary/aromatic N) is 4. The first-order chi connectivity index (χ1) is 27.3. The lowest BCUT2D eigenvalue weighted by atomic mass is 10.00. The molecule has 13 rings (SSSR count). The van der Waals surface area contributed by atoms with E-state index in [0.717, 1.165) is 37.9 Å². The lowest BCUT2D eigenvalue weighted by Crippen LogP contribution is -2.03. The molecule has 0 N–H and O–H groups in total. The Morgan fingerprint density at radius 2 is 1.05 bits per heavy atom. The van der Waals surface area contributed by atoms with Crippen LogP contribution in [0.15, 0.2) is 170 Å². The molecular formula is C50H28N4S. The fourth-order valence-electron chi connectivity index (χ4n) is 9.30. The number of thiophene rings is 1. The molecule has 0 aliphatic carbocycles. The Morgan fingerprint density at radius 1 is 0.418 bits per heavy atom. The Kier molecular flexibility index (Phi) is 5.74. The van der Waals surface area contributed by atoms with Crippen molar-refractivity contribution in [2.45, 2.75) is 0 Å². The number of hydrogen-bond donors (Lipinski definition) is 0. The largest absolute Gasteiger partial charge is 0.308 e.